The zero-order valence-electron chi connectivity index (χ0n) is 11.2. The van der Waals surface area contributed by atoms with Crippen LogP contribution in [0.25, 0.3) is 0 Å². The smallest absolute Gasteiger partial charge is 0.121 e. The number of methoxy groups -OCH3 is 1. The molecule has 0 atom stereocenters. The Labute approximate surface area is 104 Å². The molecule has 3 nitrogen and oxygen atoms in total. The Bertz CT molecular complexity index is 403. The Morgan fingerprint density at radius 3 is 2.47 bits per heavy atom. The van der Waals surface area contributed by atoms with Crippen molar-refractivity contribution < 1.29 is 4.74 Å². The van der Waals surface area contributed by atoms with Crippen LogP contribution in [0.15, 0.2) is 18.2 Å². The summed E-state index contributed by atoms with van der Waals surface area (Å²) in [4.78, 5) is 2.33. The number of ether oxygens (including phenoxy) is 1. The summed E-state index contributed by atoms with van der Waals surface area (Å²) in [5.74, 6) is 1.61. The first-order chi connectivity index (χ1) is 7.91. The Balaban J connectivity index is 2.10. The molecule has 1 fully saturated rings. The average Bonchev–Trinajstić information content (AvgIpc) is 2.16. The molecule has 0 aliphatic carbocycles. The number of hydrogen-bond acceptors (Lipinski definition) is 3. The fourth-order valence-electron chi connectivity index (χ4n) is 2.15. The van der Waals surface area contributed by atoms with E-state index in [0.717, 1.165) is 36.1 Å². The van der Waals surface area contributed by atoms with Crippen molar-refractivity contribution in [1.82, 2.24) is 0 Å². The second kappa shape index (κ2) is 4.13. The number of hydrogen-bond donors (Lipinski definition) is 1. The van der Waals surface area contributed by atoms with Gasteiger partial charge in [0.2, 0.25) is 0 Å². The van der Waals surface area contributed by atoms with Crippen LogP contribution in [0, 0.1) is 11.3 Å². The Morgan fingerprint density at radius 1 is 1.29 bits per heavy atom. The Kier molecular flexibility index (Phi) is 2.94. The molecule has 0 spiro atoms. The van der Waals surface area contributed by atoms with Gasteiger partial charge in [-0.2, -0.15) is 0 Å². The maximum Gasteiger partial charge on any atom is 0.121 e. The molecule has 0 aromatic heterocycles. The normalized spacial score (nSPS) is 16.8. The third-order valence-electron chi connectivity index (χ3n) is 3.68. The molecule has 1 aromatic rings. The zero-order valence-corrected chi connectivity index (χ0v) is 11.2. The summed E-state index contributed by atoms with van der Waals surface area (Å²) >= 11 is 0. The van der Waals surface area contributed by atoms with E-state index in [0.29, 0.717) is 5.41 Å². The standard InChI is InChI=1S/C14H22N2O/c1-14(2,3)10-8-16(9-10)13-7-11(17-4)5-6-12(13)15/h5-7,10H,8-9,15H2,1-4H3. The molecule has 17 heavy (non-hydrogen) atoms. The summed E-state index contributed by atoms with van der Waals surface area (Å²) in [5, 5.41) is 0. The Morgan fingerprint density at radius 2 is 1.94 bits per heavy atom. The first-order valence-corrected chi connectivity index (χ1v) is 6.10. The van der Waals surface area contributed by atoms with Gasteiger partial charge in [-0.1, -0.05) is 20.8 Å². The molecular formula is C14H22N2O. The predicted octanol–water partition coefficient (Wildman–Crippen LogP) is 2.76. The largest absolute Gasteiger partial charge is 0.497 e. The first-order valence-electron chi connectivity index (χ1n) is 6.10. The van der Waals surface area contributed by atoms with Crippen molar-refractivity contribution in [3.05, 3.63) is 18.2 Å². The van der Waals surface area contributed by atoms with E-state index in [9.17, 15) is 0 Å². The van der Waals surface area contributed by atoms with Crippen LogP contribution < -0.4 is 15.4 Å². The molecule has 1 heterocycles. The molecule has 2 rings (SSSR count). The summed E-state index contributed by atoms with van der Waals surface area (Å²) in [6.45, 7) is 9.06. The number of rotatable bonds is 2. The second-order valence-corrected chi connectivity index (χ2v) is 5.89. The molecule has 0 radical (unpaired) electrons. The summed E-state index contributed by atoms with van der Waals surface area (Å²) < 4.78 is 5.24. The lowest BCUT2D eigenvalue weighted by Gasteiger charge is -2.48. The number of benzene rings is 1. The van der Waals surface area contributed by atoms with Crippen molar-refractivity contribution >= 4 is 11.4 Å². The highest BCUT2D eigenvalue weighted by Gasteiger charge is 2.36. The maximum absolute atomic E-state index is 6.01. The summed E-state index contributed by atoms with van der Waals surface area (Å²) in [5.41, 5.74) is 8.32. The van der Waals surface area contributed by atoms with Gasteiger partial charge in [0.15, 0.2) is 0 Å². The molecule has 0 unspecified atom stereocenters. The van der Waals surface area contributed by atoms with E-state index >= 15 is 0 Å². The van der Waals surface area contributed by atoms with Crippen LogP contribution in [0.2, 0.25) is 0 Å². The molecule has 3 heteroatoms. The van der Waals surface area contributed by atoms with Gasteiger partial charge in [0.25, 0.3) is 0 Å². The molecule has 0 saturated carbocycles. The Hall–Kier alpha value is -1.38. The lowest BCUT2D eigenvalue weighted by molar-refractivity contribution is 0.195. The van der Waals surface area contributed by atoms with Crippen molar-refractivity contribution in [2.75, 3.05) is 30.8 Å². The number of nitrogens with two attached hydrogens (primary N) is 1. The van der Waals surface area contributed by atoms with Crippen LogP contribution >= 0.6 is 0 Å². The molecule has 1 aromatic carbocycles. The number of anilines is 2. The summed E-state index contributed by atoms with van der Waals surface area (Å²) in [7, 11) is 1.68. The quantitative estimate of drug-likeness (QED) is 0.800. The van der Waals surface area contributed by atoms with E-state index in [1.165, 1.54) is 0 Å². The van der Waals surface area contributed by atoms with Crippen LogP contribution in [0.4, 0.5) is 11.4 Å². The van der Waals surface area contributed by atoms with E-state index < -0.39 is 0 Å². The third kappa shape index (κ3) is 2.33. The SMILES string of the molecule is COc1ccc(N)c(N2CC(C(C)(C)C)C2)c1. The van der Waals surface area contributed by atoms with Gasteiger partial charge in [0.05, 0.1) is 18.5 Å². The molecule has 1 saturated heterocycles. The first kappa shape index (κ1) is 12.1. The van der Waals surface area contributed by atoms with E-state index in [4.69, 9.17) is 10.5 Å². The molecule has 1 aliphatic rings. The molecule has 94 valence electrons. The molecule has 1 aliphatic heterocycles. The maximum atomic E-state index is 6.01. The molecule has 0 bridgehead atoms. The highest BCUT2D eigenvalue weighted by Crippen LogP contribution is 2.39. The van der Waals surface area contributed by atoms with Crippen LogP contribution in [0.1, 0.15) is 20.8 Å². The van der Waals surface area contributed by atoms with Gasteiger partial charge in [-0.05, 0) is 23.5 Å². The van der Waals surface area contributed by atoms with Gasteiger partial charge in [-0.15, -0.1) is 0 Å². The minimum absolute atomic E-state index is 0.379. The fourth-order valence-corrected chi connectivity index (χ4v) is 2.15. The monoisotopic (exact) mass is 234 g/mol. The highest BCUT2D eigenvalue weighted by molar-refractivity contribution is 5.70. The van der Waals surface area contributed by atoms with Crippen molar-refractivity contribution in [2.45, 2.75) is 20.8 Å². The van der Waals surface area contributed by atoms with E-state index in [1.54, 1.807) is 7.11 Å². The molecule has 0 amide bonds. The van der Waals surface area contributed by atoms with Crippen molar-refractivity contribution in [2.24, 2.45) is 11.3 Å². The van der Waals surface area contributed by atoms with Crippen LogP contribution in [0.5, 0.6) is 5.75 Å². The van der Waals surface area contributed by atoms with Gasteiger partial charge in [-0.3, -0.25) is 0 Å². The third-order valence-corrected chi connectivity index (χ3v) is 3.68. The van der Waals surface area contributed by atoms with Crippen molar-refractivity contribution in [3.8, 4) is 5.75 Å². The average molecular weight is 234 g/mol. The number of nitrogens with zero attached hydrogens (tertiary/aromatic N) is 1. The minimum Gasteiger partial charge on any atom is -0.497 e. The van der Waals surface area contributed by atoms with Gasteiger partial charge >= 0.3 is 0 Å². The topological polar surface area (TPSA) is 38.5 Å². The fraction of sp³-hybridized carbons (Fsp3) is 0.571. The van der Waals surface area contributed by atoms with Gasteiger partial charge in [0.1, 0.15) is 5.75 Å². The van der Waals surface area contributed by atoms with E-state index in [-0.39, 0.29) is 0 Å². The molecular weight excluding hydrogens is 212 g/mol. The van der Waals surface area contributed by atoms with Crippen LogP contribution in [-0.4, -0.2) is 20.2 Å². The van der Waals surface area contributed by atoms with Crippen molar-refractivity contribution in [1.29, 1.82) is 0 Å². The minimum atomic E-state index is 0.379. The van der Waals surface area contributed by atoms with Crippen molar-refractivity contribution in [3.63, 3.8) is 0 Å². The number of nitrogen functional groups attached to an aromatic ring is 1. The predicted molar refractivity (Wildman–Crippen MR) is 72.6 cm³/mol. The summed E-state index contributed by atoms with van der Waals surface area (Å²) in [6, 6.07) is 5.84. The summed E-state index contributed by atoms with van der Waals surface area (Å²) in [6.07, 6.45) is 0. The van der Waals surface area contributed by atoms with Crippen LogP contribution in [0.3, 0.4) is 0 Å². The lowest BCUT2D eigenvalue weighted by Crippen LogP contribution is -2.52. The van der Waals surface area contributed by atoms with Gasteiger partial charge < -0.3 is 15.4 Å². The van der Waals surface area contributed by atoms with E-state index in [1.807, 2.05) is 18.2 Å². The zero-order chi connectivity index (χ0) is 12.6. The highest BCUT2D eigenvalue weighted by atomic mass is 16.5. The van der Waals surface area contributed by atoms with Crippen LogP contribution in [-0.2, 0) is 0 Å². The second-order valence-electron chi connectivity index (χ2n) is 5.89. The lowest BCUT2D eigenvalue weighted by atomic mass is 9.76. The van der Waals surface area contributed by atoms with Gasteiger partial charge in [0, 0.05) is 19.2 Å². The molecule has 2 N–H and O–H groups in total. The van der Waals surface area contributed by atoms with Gasteiger partial charge in [-0.25, -0.2) is 0 Å². The van der Waals surface area contributed by atoms with E-state index in [2.05, 4.69) is 25.7 Å².